The number of rotatable bonds is 4. The van der Waals surface area contributed by atoms with E-state index >= 15 is 0 Å². The Labute approximate surface area is 189 Å². The topological polar surface area (TPSA) is 90.1 Å². The van der Waals surface area contributed by atoms with Crippen LogP contribution >= 0.6 is 22.9 Å². The molecular weight excluding hydrogens is 434 g/mol. The zero-order chi connectivity index (χ0) is 21.5. The largest absolute Gasteiger partial charge is 0.351 e. The molecule has 3 aromatic rings. The molecule has 2 amide bonds. The number of nitrogens with zero attached hydrogens (tertiary/aromatic N) is 2. The van der Waals surface area contributed by atoms with Gasteiger partial charge in [0.1, 0.15) is 5.69 Å². The van der Waals surface area contributed by atoms with E-state index in [9.17, 15) is 9.59 Å². The number of carbonyl (C=O) groups excluding carboxylic acids is 2. The number of H-pyrrole nitrogens is 1. The summed E-state index contributed by atoms with van der Waals surface area (Å²) >= 11 is 7.52. The van der Waals surface area contributed by atoms with E-state index in [4.69, 9.17) is 11.6 Å². The summed E-state index contributed by atoms with van der Waals surface area (Å²) in [6.07, 6.45) is 3.51. The molecule has 2 atom stereocenters. The van der Waals surface area contributed by atoms with Gasteiger partial charge in [-0.15, -0.1) is 11.3 Å². The number of hydrogen-bond acceptors (Lipinski definition) is 5. The Morgan fingerprint density at radius 2 is 1.97 bits per heavy atom. The zero-order valence-corrected chi connectivity index (χ0v) is 18.8. The van der Waals surface area contributed by atoms with Crippen LogP contribution in [0, 0.1) is 0 Å². The molecule has 31 heavy (non-hydrogen) atoms. The molecule has 0 saturated heterocycles. The summed E-state index contributed by atoms with van der Waals surface area (Å²) in [5, 5.41) is 8.25. The summed E-state index contributed by atoms with van der Waals surface area (Å²) in [5.41, 5.74) is 2.40. The average molecular weight is 458 g/mol. The predicted octanol–water partition coefficient (Wildman–Crippen LogP) is 3.35. The number of nitrogens with one attached hydrogen (secondary N) is 3. The molecule has 0 spiro atoms. The molecule has 0 radical (unpaired) electrons. The molecule has 0 bridgehead atoms. The van der Waals surface area contributed by atoms with E-state index in [2.05, 4.69) is 32.5 Å². The third kappa shape index (κ3) is 4.20. The van der Waals surface area contributed by atoms with Crippen molar-refractivity contribution in [1.29, 1.82) is 0 Å². The van der Waals surface area contributed by atoms with Crippen LogP contribution in [0.15, 0.2) is 24.3 Å². The minimum Gasteiger partial charge on any atom is -0.351 e. The van der Waals surface area contributed by atoms with Crippen LogP contribution in [0.3, 0.4) is 0 Å². The van der Waals surface area contributed by atoms with Crippen molar-refractivity contribution < 1.29 is 9.59 Å². The number of amides is 2. The van der Waals surface area contributed by atoms with Gasteiger partial charge in [0.2, 0.25) is 0 Å². The van der Waals surface area contributed by atoms with E-state index in [1.807, 2.05) is 12.1 Å². The summed E-state index contributed by atoms with van der Waals surface area (Å²) in [6, 6.07) is 7.08. The number of aromatic nitrogens is 2. The Hall–Kier alpha value is -2.42. The summed E-state index contributed by atoms with van der Waals surface area (Å²) < 4.78 is 0. The van der Waals surface area contributed by atoms with Crippen LogP contribution in [0.1, 0.15) is 50.1 Å². The number of likely N-dealkylation sites (N-methyl/N-ethyl adjacent to an activating group) is 1. The van der Waals surface area contributed by atoms with Crippen molar-refractivity contribution >= 4 is 45.7 Å². The lowest BCUT2D eigenvalue weighted by Crippen LogP contribution is -2.48. The van der Waals surface area contributed by atoms with Gasteiger partial charge in [0, 0.05) is 52.4 Å². The highest BCUT2D eigenvalue weighted by atomic mass is 35.5. The van der Waals surface area contributed by atoms with Crippen molar-refractivity contribution in [2.45, 2.75) is 44.3 Å². The van der Waals surface area contributed by atoms with Crippen molar-refractivity contribution in [3.8, 4) is 0 Å². The second-order valence-electron chi connectivity index (χ2n) is 8.38. The van der Waals surface area contributed by atoms with Crippen LogP contribution in [0.4, 0.5) is 0 Å². The summed E-state index contributed by atoms with van der Waals surface area (Å²) in [6.45, 7) is 1.81. The minimum absolute atomic E-state index is 0.0983. The first-order valence-electron chi connectivity index (χ1n) is 10.5. The van der Waals surface area contributed by atoms with Crippen LogP contribution in [-0.4, -0.2) is 52.4 Å². The van der Waals surface area contributed by atoms with Crippen LogP contribution in [0.2, 0.25) is 5.02 Å². The summed E-state index contributed by atoms with van der Waals surface area (Å²) in [7, 11) is 2.08. The number of carbonyl (C=O) groups is 2. The van der Waals surface area contributed by atoms with Gasteiger partial charge in [-0.05, 0) is 50.6 Å². The van der Waals surface area contributed by atoms with Crippen molar-refractivity contribution in [2.75, 3.05) is 13.6 Å². The number of fused-ring (bicyclic) bond motifs is 2. The van der Waals surface area contributed by atoms with Crippen molar-refractivity contribution in [3.63, 3.8) is 0 Å². The lowest BCUT2D eigenvalue weighted by Gasteiger charge is -2.21. The molecule has 1 aliphatic heterocycles. The average Bonchev–Trinajstić information content (AvgIpc) is 3.45. The zero-order valence-electron chi connectivity index (χ0n) is 17.2. The first-order valence-corrected chi connectivity index (χ1v) is 11.7. The number of hydrogen-bond donors (Lipinski definition) is 3. The van der Waals surface area contributed by atoms with Gasteiger partial charge in [-0.3, -0.25) is 9.59 Å². The Morgan fingerprint density at radius 1 is 1.19 bits per heavy atom. The monoisotopic (exact) mass is 457 g/mol. The van der Waals surface area contributed by atoms with Gasteiger partial charge in [0.15, 0.2) is 5.01 Å². The SMILES string of the molecule is CN1CCc2nc(C(=O)N[C@H]3CCC[C@@H]3NC(=O)c3cc4cc(Cl)ccc4[nH]3)sc2C1. The molecule has 0 unspecified atom stereocenters. The third-order valence-corrected chi connectivity index (χ3v) is 7.41. The standard InChI is InChI=1S/C22H24ClN5O2S/c1-28-8-7-17-19(11-28)31-22(27-17)21(30)26-16-4-2-3-15(16)25-20(29)18-10-12-9-13(23)5-6-14(12)24-18/h5-6,9-10,15-16,24H,2-4,7-8,11H2,1H3,(H,25,29)(H,26,30)/t15-,16-/m0/s1. The van der Waals surface area contributed by atoms with Gasteiger partial charge in [0.05, 0.1) is 5.69 Å². The Kier molecular flexibility index (Phi) is 5.45. The second kappa shape index (κ2) is 8.26. The highest BCUT2D eigenvalue weighted by molar-refractivity contribution is 7.13. The fourth-order valence-electron chi connectivity index (χ4n) is 4.43. The Balaban J connectivity index is 1.25. The van der Waals surface area contributed by atoms with Crippen LogP contribution < -0.4 is 10.6 Å². The smallest absolute Gasteiger partial charge is 0.280 e. The molecule has 162 valence electrons. The molecule has 1 aliphatic carbocycles. The van der Waals surface area contributed by atoms with Crippen LogP contribution in [0.25, 0.3) is 10.9 Å². The Bertz CT molecular complexity index is 1160. The van der Waals surface area contributed by atoms with Crippen molar-refractivity contribution in [3.05, 3.63) is 50.6 Å². The summed E-state index contributed by atoms with van der Waals surface area (Å²) in [5.74, 6) is -0.320. The number of thiazole rings is 1. The predicted molar refractivity (Wildman–Crippen MR) is 122 cm³/mol. The van der Waals surface area contributed by atoms with Gasteiger partial charge in [-0.25, -0.2) is 4.98 Å². The Morgan fingerprint density at radius 3 is 2.77 bits per heavy atom. The molecule has 1 fully saturated rings. The van der Waals surface area contributed by atoms with E-state index in [-0.39, 0.29) is 23.9 Å². The van der Waals surface area contributed by atoms with Gasteiger partial charge < -0.3 is 20.5 Å². The quantitative estimate of drug-likeness (QED) is 0.560. The van der Waals surface area contributed by atoms with E-state index in [0.717, 1.165) is 55.4 Å². The van der Waals surface area contributed by atoms with E-state index in [0.29, 0.717) is 15.7 Å². The van der Waals surface area contributed by atoms with Gasteiger partial charge >= 0.3 is 0 Å². The van der Waals surface area contributed by atoms with Gasteiger partial charge in [-0.2, -0.15) is 0 Å². The fourth-order valence-corrected chi connectivity index (χ4v) is 5.70. The molecule has 2 aliphatic rings. The highest BCUT2D eigenvalue weighted by Crippen LogP contribution is 2.26. The first kappa shape index (κ1) is 20.5. The maximum absolute atomic E-state index is 12.8. The van der Waals surface area contributed by atoms with Gasteiger partial charge in [0.25, 0.3) is 11.8 Å². The molecule has 3 heterocycles. The van der Waals surface area contributed by atoms with Gasteiger partial charge in [-0.1, -0.05) is 11.6 Å². The molecule has 9 heteroatoms. The molecule has 2 aromatic heterocycles. The highest BCUT2D eigenvalue weighted by Gasteiger charge is 2.32. The normalized spacial score (nSPS) is 21.2. The van der Waals surface area contributed by atoms with Crippen molar-refractivity contribution in [2.24, 2.45) is 0 Å². The lowest BCUT2D eigenvalue weighted by molar-refractivity contribution is 0.0889. The van der Waals surface area contributed by atoms with E-state index in [1.165, 1.54) is 16.2 Å². The summed E-state index contributed by atoms with van der Waals surface area (Å²) in [4.78, 5) is 36.8. The maximum Gasteiger partial charge on any atom is 0.280 e. The minimum atomic E-state index is -0.175. The molecular formula is C22H24ClN5O2S. The van der Waals surface area contributed by atoms with E-state index in [1.54, 1.807) is 12.1 Å². The number of halogens is 1. The second-order valence-corrected chi connectivity index (χ2v) is 9.90. The lowest BCUT2D eigenvalue weighted by atomic mass is 10.1. The first-order chi connectivity index (χ1) is 15.0. The van der Waals surface area contributed by atoms with Crippen LogP contribution in [-0.2, 0) is 13.0 Å². The molecule has 1 saturated carbocycles. The number of aromatic amines is 1. The molecule has 1 aromatic carbocycles. The molecule has 3 N–H and O–H groups in total. The molecule has 5 rings (SSSR count). The third-order valence-electron chi connectivity index (χ3n) is 6.09. The maximum atomic E-state index is 12.8. The van der Waals surface area contributed by atoms with Crippen molar-refractivity contribution in [1.82, 2.24) is 25.5 Å². The number of benzene rings is 1. The van der Waals surface area contributed by atoms with Crippen LogP contribution in [0.5, 0.6) is 0 Å². The fraction of sp³-hybridized carbons (Fsp3) is 0.409. The molecule has 7 nitrogen and oxygen atoms in total. The van der Waals surface area contributed by atoms with E-state index < -0.39 is 0 Å².